The second-order valence-corrected chi connectivity index (χ2v) is 7.76. The fourth-order valence-electron chi connectivity index (χ4n) is 2.62. The van der Waals surface area contributed by atoms with Crippen LogP contribution < -0.4 is 5.73 Å². The van der Waals surface area contributed by atoms with E-state index in [9.17, 15) is 8.42 Å². The van der Waals surface area contributed by atoms with Crippen LogP contribution in [0.25, 0.3) is 0 Å². The molecule has 1 aromatic carbocycles. The summed E-state index contributed by atoms with van der Waals surface area (Å²) in [5, 5.41) is 0. The summed E-state index contributed by atoms with van der Waals surface area (Å²) in [4.78, 5) is 0.167. The summed E-state index contributed by atoms with van der Waals surface area (Å²) in [6, 6.07) is 4.96. The smallest absolute Gasteiger partial charge is 0.245 e. The van der Waals surface area contributed by atoms with E-state index in [4.69, 9.17) is 5.73 Å². The van der Waals surface area contributed by atoms with Crippen LogP contribution in [0.5, 0.6) is 0 Å². The van der Waals surface area contributed by atoms with E-state index in [1.807, 2.05) is 0 Å². The Bertz CT molecular complexity index is 595. The molecular weight excluding hydrogens is 340 g/mol. The lowest BCUT2D eigenvalue weighted by Gasteiger charge is -2.27. The third-order valence-corrected chi connectivity index (χ3v) is 6.07. The summed E-state index contributed by atoms with van der Waals surface area (Å²) >= 11 is 3.30. The molecule has 1 aliphatic carbocycles. The van der Waals surface area contributed by atoms with Gasteiger partial charge >= 0.3 is 0 Å². The van der Waals surface area contributed by atoms with Gasteiger partial charge < -0.3 is 5.73 Å². The quantitative estimate of drug-likeness (QED) is 0.649. The van der Waals surface area contributed by atoms with Crippen molar-refractivity contribution in [2.24, 2.45) is 0 Å². The van der Waals surface area contributed by atoms with Crippen molar-refractivity contribution in [2.75, 3.05) is 12.3 Å². The maximum Gasteiger partial charge on any atom is 0.245 e. The van der Waals surface area contributed by atoms with Gasteiger partial charge in [-0.1, -0.05) is 34.8 Å². The molecule has 0 atom stereocenters. The largest absolute Gasteiger partial charge is 0.398 e. The zero-order valence-corrected chi connectivity index (χ0v) is 13.7. The van der Waals surface area contributed by atoms with Gasteiger partial charge in [-0.3, -0.25) is 0 Å². The number of halogens is 1. The van der Waals surface area contributed by atoms with E-state index in [0.29, 0.717) is 11.0 Å². The molecule has 0 aromatic heterocycles. The number of hydrogen-bond donors (Lipinski definition) is 1. The van der Waals surface area contributed by atoms with Gasteiger partial charge in [-0.15, -0.1) is 6.58 Å². The molecule has 0 aliphatic heterocycles. The van der Waals surface area contributed by atoms with Crippen LogP contribution >= 0.6 is 15.9 Å². The summed E-state index contributed by atoms with van der Waals surface area (Å²) < 4.78 is 28.0. The van der Waals surface area contributed by atoms with E-state index in [-0.39, 0.29) is 16.6 Å². The second-order valence-electron chi connectivity index (χ2n) is 4.98. The molecule has 2 N–H and O–H groups in total. The molecule has 0 amide bonds. The Labute approximate surface area is 128 Å². The third-order valence-electron chi connectivity index (χ3n) is 3.60. The van der Waals surface area contributed by atoms with Crippen molar-refractivity contribution >= 4 is 31.6 Å². The SMILES string of the molecule is C=CCN(C1CCCC1)S(=O)(=O)c1cc(Br)ccc1N. The highest BCUT2D eigenvalue weighted by Crippen LogP contribution is 2.31. The molecule has 1 fully saturated rings. The Morgan fingerprint density at radius 1 is 1.40 bits per heavy atom. The Hall–Kier alpha value is -0.850. The number of nitrogens with two attached hydrogens (primary N) is 1. The highest BCUT2D eigenvalue weighted by Gasteiger charge is 2.33. The summed E-state index contributed by atoms with van der Waals surface area (Å²) in [6.45, 7) is 3.99. The maximum atomic E-state index is 12.9. The van der Waals surface area contributed by atoms with Crippen LogP contribution in [0.1, 0.15) is 25.7 Å². The molecule has 2 rings (SSSR count). The van der Waals surface area contributed by atoms with Gasteiger partial charge in [0.25, 0.3) is 0 Å². The lowest BCUT2D eigenvalue weighted by Crippen LogP contribution is -2.39. The van der Waals surface area contributed by atoms with Crippen molar-refractivity contribution in [3.8, 4) is 0 Å². The highest BCUT2D eigenvalue weighted by atomic mass is 79.9. The van der Waals surface area contributed by atoms with Gasteiger partial charge in [-0.2, -0.15) is 4.31 Å². The molecule has 4 nitrogen and oxygen atoms in total. The van der Waals surface area contributed by atoms with Crippen molar-refractivity contribution < 1.29 is 8.42 Å². The van der Waals surface area contributed by atoms with Crippen molar-refractivity contribution in [1.29, 1.82) is 0 Å². The average Bonchev–Trinajstić information content (AvgIpc) is 2.92. The first-order valence-electron chi connectivity index (χ1n) is 6.64. The minimum Gasteiger partial charge on any atom is -0.398 e. The third kappa shape index (κ3) is 3.07. The molecule has 0 saturated heterocycles. The first-order chi connectivity index (χ1) is 9.46. The monoisotopic (exact) mass is 358 g/mol. The first kappa shape index (κ1) is 15.5. The zero-order chi connectivity index (χ0) is 14.8. The predicted molar refractivity (Wildman–Crippen MR) is 84.9 cm³/mol. The lowest BCUT2D eigenvalue weighted by molar-refractivity contribution is 0.348. The molecular formula is C14H19BrN2O2S. The Kier molecular flexibility index (Phi) is 4.88. The van der Waals surface area contributed by atoms with E-state index in [1.165, 1.54) is 4.31 Å². The van der Waals surface area contributed by atoms with Gasteiger partial charge in [0.05, 0.1) is 5.69 Å². The van der Waals surface area contributed by atoms with Crippen molar-refractivity contribution in [3.05, 3.63) is 35.3 Å². The molecule has 0 spiro atoms. The Morgan fingerprint density at radius 3 is 2.65 bits per heavy atom. The van der Waals surface area contributed by atoms with Crippen LogP contribution in [-0.4, -0.2) is 25.3 Å². The topological polar surface area (TPSA) is 63.4 Å². The van der Waals surface area contributed by atoms with Crippen LogP contribution in [0.3, 0.4) is 0 Å². The summed E-state index contributed by atoms with van der Waals surface area (Å²) in [5.41, 5.74) is 6.13. The zero-order valence-electron chi connectivity index (χ0n) is 11.3. The molecule has 1 aliphatic rings. The van der Waals surface area contributed by atoms with Gasteiger partial charge in [0.2, 0.25) is 10.0 Å². The number of hydrogen-bond acceptors (Lipinski definition) is 3. The summed E-state index contributed by atoms with van der Waals surface area (Å²) in [7, 11) is -3.59. The van der Waals surface area contributed by atoms with Gasteiger partial charge in [0, 0.05) is 17.1 Å². The summed E-state index contributed by atoms with van der Waals surface area (Å²) in [6.07, 6.45) is 5.58. The second kappa shape index (κ2) is 6.28. The van der Waals surface area contributed by atoms with E-state index in [0.717, 1.165) is 25.7 Å². The van der Waals surface area contributed by atoms with E-state index in [1.54, 1.807) is 24.3 Å². The number of rotatable bonds is 5. The van der Waals surface area contributed by atoms with Crippen molar-refractivity contribution in [2.45, 2.75) is 36.6 Å². The van der Waals surface area contributed by atoms with Crippen molar-refractivity contribution in [1.82, 2.24) is 4.31 Å². The van der Waals surface area contributed by atoms with Gasteiger partial charge in [0.1, 0.15) is 4.90 Å². The maximum absolute atomic E-state index is 12.9. The number of benzene rings is 1. The van der Waals surface area contributed by atoms with Gasteiger partial charge in [-0.25, -0.2) is 8.42 Å². The van der Waals surface area contributed by atoms with Crippen LogP contribution in [0.4, 0.5) is 5.69 Å². The van der Waals surface area contributed by atoms with E-state index < -0.39 is 10.0 Å². The minimum absolute atomic E-state index is 0.0522. The molecule has 0 bridgehead atoms. The highest BCUT2D eigenvalue weighted by molar-refractivity contribution is 9.10. The molecule has 20 heavy (non-hydrogen) atoms. The summed E-state index contributed by atoms with van der Waals surface area (Å²) in [5.74, 6) is 0. The Morgan fingerprint density at radius 2 is 2.05 bits per heavy atom. The number of nitrogen functional groups attached to an aromatic ring is 1. The van der Waals surface area contributed by atoms with Crippen LogP contribution in [0, 0.1) is 0 Å². The molecule has 1 saturated carbocycles. The normalized spacial score (nSPS) is 16.7. The van der Waals surface area contributed by atoms with Crippen LogP contribution in [0.15, 0.2) is 40.2 Å². The fraction of sp³-hybridized carbons (Fsp3) is 0.429. The number of sulfonamides is 1. The minimum atomic E-state index is -3.59. The van der Waals surface area contributed by atoms with Gasteiger partial charge in [0.15, 0.2) is 0 Å². The predicted octanol–water partition coefficient (Wildman–Crippen LogP) is 3.15. The Balaban J connectivity index is 2.44. The molecule has 1 aromatic rings. The number of nitrogens with zero attached hydrogens (tertiary/aromatic N) is 1. The first-order valence-corrected chi connectivity index (χ1v) is 8.88. The molecule has 0 unspecified atom stereocenters. The van der Waals surface area contributed by atoms with Crippen LogP contribution in [-0.2, 0) is 10.0 Å². The van der Waals surface area contributed by atoms with E-state index >= 15 is 0 Å². The standard InChI is InChI=1S/C14H19BrN2O2S/c1-2-9-17(12-5-3-4-6-12)20(18,19)14-10-11(15)7-8-13(14)16/h2,7-8,10,12H,1,3-6,9,16H2. The average molecular weight is 359 g/mol. The van der Waals surface area contributed by atoms with Gasteiger partial charge in [-0.05, 0) is 31.0 Å². The van der Waals surface area contributed by atoms with Crippen LogP contribution in [0.2, 0.25) is 0 Å². The molecule has 0 heterocycles. The van der Waals surface area contributed by atoms with E-state index in [2.05, 4.69) is 22.5 Å². The van der Waals surface area contributed by atoms with Crippen molar-refractivity contribution in [3.63, 3.8) is 0 Å². The molecule has 110 valence electrons. The molecule has 6 heteroatoms. The lowest BCUT2D eigenvalue weighted by atomic mass is 10.2. The fourth-order valence-corrected chi connectivity index (χ4v) is 4.93. The molecule has 0 radical (unpaired) electrons. The number of anilines is 1.